The van der Waals surface area contributed by atoms with Gasteiger partial charge in [0.1, 0.15) is 6.04 Å². The molecule has 0 bridgehead atoms. The van der Waals surface area contributed by atoms with Gasteiger partial charge in [0.15, 0.2) is 0 Å². The minimum Gasteiger partial charge on any atom is -0.480 e. The molecule has 0 rings (SSSR count). The Hall–Kier alpha value is -1.01. The monoisotopic (exact) mass is 128 g/mol. The molecule has 0 aromatic rings. The SMILES string of the molecule is [2H]C[C@H](NCC#C)C(=O)O. The first-order valence-electron chi connectivity index (χ1n) is 3.12. The van der Waals surface area contributed by atoms with Gasteiger partial charge in [0.2, 0.25) is 0 Å². The minimum absolute atomic E-state index is 0.190. The van der Waals surface area contributed by atoms with Gasteiger partial charge in [0.05, 0.1) is 6.54 Å². The molecule has 0 spiro atoms. The number of carboxylic acid groups (broad SMARTS) is 1. The molecule has 0 fully saturated rings. The lowest BCUT2D eigenvalue weighted by molar-refractivity contribution is -0.138. The summed E-state index contributed by atoms with van der Waals surface area (Å²) in [6, 6.07) is -0.837. The van der Waals surface area contributed by atoms with Crippen molar-refractivity contribution in [3.63, 3.8) is 0 Å². The number of carboxylic acids is 1. The maximum Gasteiger partial charge on any atom is 0.320 e. The van der Waals surface area contributed by atoms with Gasteiger partial charge in [-0.25, -0.2) is 0 Å². The highest BCUT2D eigenvalue weighted by molar-refractivity contribution is 5.72. The summed E-state index contributed by atoms with van der Waals surface area (Å²) in [7, 11) is 0. The molecule has 2 N–H and O–H groups in total. The Bertz CT molecular complexity index is 152. The van der Waals surface area contributed by atoms with E-state index in [9.17, 15) is 4.79 Å². The van der Waals surface area contributed by atoms with E-state index in [0.717, 1.165) is 0 Å². The van der Waals surface area contributed by atoms with Crippen LogP contribution in [0.5, 0.6) is 0 Å². The first kappa shape index (κ1) is 6.12. The van der Waals surface area contributed by atoms with Crippen molar-refractivity contribution in [2.75, 3.05) is 6.54 Å². The van der Waals surface area contributed by atoms with Crippen LogP contribution in [-0.2, 0) is 4.79 Å². The molecule has 9 heavy (non-hydrogen) atoms. The van der Waals surface area contributed by atoms with E-state index in [1.54, 1.807) is 0 Å². The molecule has 1 atom stereocenters. The van der Waals surface area contributed by atoms with Crippen LogP contribution in [-0.4, -0.2) is 23.7 Å². The van der Waals surface area contributed by atoms with Crippen LogP contribution in [0.4, 0.5) is 0 Å². The van der Waals surface area contributed by atoms with Crippen LogP contribution in [0.2, 0.25) is 0 Å². The van der Waals surface area contributed by atoms with E-state index in [0.29, 0.717) is 0 Å². The summed E-state index contributed by atoms with van der Waals surface area (Å²) in [6.07, 6.45) is 4.87. The lowest BCUT2D eigenvalue weighted by atomic mass is 10.3. The molecule has 0 radical (unpaired) electrons. The standard InChI is InChI=1S/C6H9NO2/c1-3-4-7-5(2)6(8)9/h1,5,7H,4H2,2H3,(H,8,9)/t5-/m0/s1/i2D. The number of nitrogens with one attached hydrogen (secondary N) is 1. The third-order valence-corrected chi connectivity index (χ3v) is 0.749. The molecule has 0 saturated carbocycles. The third-order valence-electron chi connectivity index (χ3n) is 0.749. The zero-order chi connectivity index (χ0) is 7.98. The average Bonchev–Trinajstić information content (AvgIpc) is 1.89. The van der Waals surface area contributed by atoms with Gasteiger partial charge < -0.3 is 5.11 Å². The second-order valence-electron chi connectivity index (χ2n) is 1.48. The summed E-state index contributed by atoms with van der Waals surface area (Å²) in [5.41, 5.74) is 0. The Balaban J connectivity index is 3.63. The van der Waals surface area contributed by atoms with E-state index in [1.807, 2.05) is 0 Å². The van der Waals surface area contributed by atoms with Gasteiger partial charge in [0.25, 0.3) is 0 Å². The largest absolute Gasteiger partial charge is 0.480 e. The predicted molar refractivity (Wildman–Crippen MR) is 33.9 cm³/mol. The maximum atomic E-state index is 10.2. The Kier molecular flexibility index (Phi) is 2.67. The number of terminal acetylenes is 1. The quantitative estimate of drug-likeness (QED) is 0.512. The first-order chi connectivity index (χ1) is 4.72. The van der Waals surface area contributed by atoms with Crippen LogP contribution < -0.4 is 5.32 Å². The van der Waals surface area contributed by atoms with Gasteiger partial charge in [-0.05, 0) is 6.90 Å². The Morgan fingerprint density at radius 1 is 2.22 bits per heavy atom. The molecule has 0 aliphatic heterocycles. The van der Waals surface area contributed by atoms with Crippen molar-refractivity contribution in [3.05, 3.63) is 0 Å². The van der Waals surface area contributed by atoms with Crippen LogP contribution in [0.1, 0.15) is 8.27 Å². The van der Waals surface area contributed by atoms with E-state index in [1.165, 1.54) is 0 Å². The fourth-order valence-electron chi connectivity index (χ4n) is 0.269. The zero-order valence-corrected chi connectivity index (χ0v) is 4.92. The van der Waals surface area contributed by atoms with E-state index in [2.05, 4.69) is 11.2 Å². The summed E-state index contributed by atoms with van der Waals surface area (Å²) in [6.45, 7) is -0.00708. The summed E-state index contributed by atoms with van der Waals surface area (Å²) < 4.78 is 6.76. The highest BCUT2D eigenvalue weighted by atomic mass is 16.4. The van der Waals surface area contributed by atoms with Crippen molar-refractivity contribution >= 4 is 5.97 Å². The summed E-state index contributed by atoms with van der Waals surface area (Å²) in [5.74, 6) is 1.19. The fraction of sp³-hybridized carbons (Fsp3) is 0.500. The molecule has 0 unspecified atom stereocenters. The van der Waals surface area contributed by atoms with Crippen molar-refractivity contribution in [3.8, 4) is 12.3 Å². The summed E-state index contributed by atoms with van der Waals surface area (Å²) in [4.78, 5) is 10.2. The van der Waals surface area contributed by atoms with Gasteiger partial charge in [-0.15, -0.1) is 6.42 Å². The van der Waals surface area contributed by atoms with Crippen LogP contribution in [0.15, 0.2) is 0 Å². The number of carbonyl (C=O) groups is 1. The normalized spacial score (nSPS) is 13.4. The fourth-order valence-corrected chi connectivity index (χ4v) is 0.269. The zero-order valence-electron chi connectivity index (χ0n) is 5.92. The van der Waals surface area contributed by atoms with Gasteiger partial charge in [-0.3, -0.25) is 10.1 Å². The lowest BCUT2D eigenvalue weighted by Crippen LogP contribution is -2.33. The molecule has 0 aliphatic rings. The third kappa shape index (κ3) is 3.56. The molecule has 0 aliphatic carbocycles. The molecule has 0 saturated heterocycles. The second-order valence-corrected chi connectivity index (χ2v) is 1.48. The van der Waals surface area contributed by atoms with Gasteiger partial charge in [0, 0.05) is 1.37 Å². The van der Waals surface area contributed by atoms with E-state index >= 15 is 0 Å². The van der Waals surface area contributed by atoms with E-state index < -0.39 is 12.0 Å². The minimum atomic E-state index is -1.04. The van der Waals surface area contributed by atoms with Crippen molar-refractivity contribution in [2.45, 2.75) is 12.9 Å². The molecule has 3 nitrogen and oxygen atoms in total. The predicted octanol–water partition coefficient (Wildman–Crippen LogP) is -0.318. The van der Waals surface area contributed by atoms with Crippen LogP contribution in [0, 0.1) is 12.3 Å². The first-order valence-corrected chi connectivity index (χ1v) is 2.41. The number of aliphatic carboxylic acids is 1. The lowest BCUT2D eigenvalue weighted by Gasteiger charge is -2.03. The van der Waals surface area contributed by atoms with Crippen LogP contribution in [0.25, 0.3) is 0 Å². The smallest absolute Gasteiger partial charge is 0.320 e. The molecule has 0 heterocycles. The Morgan fingerprint density at radius 2 is 2.89 bits per heavy atom. The molecule has 3 heteroatoms. The summed E-state index contributed by atoms with van der Waals surface area (Å²) >= 11 is 0. The molecular formula is C6H9NO2. The topological polar surface area (TPSA) is 49.3 Å². The van der Waals surface area contributed by atoms with Gasteiger partial charge >= 0.3 is 5.97 Å². The Morgan fingerprint density at radius 3 is 3.22 bits per heavy atom. The second kappa shape index (κ2) is 3.93. The van der Waals surface area contributed by atoms with Crippen LogP contribution >= 0.6 is 0 Å². The Labute approximate surface area is 55.5 Å². The van der Waals surface area contributed by atoms with Crippen molar-refractivity contribution < 1.29 is 11.3 Å². The molecule has 0 aromatic heterocycles. The molecule has 50 valence electrons. The van der Waals surface area contributed by atoms with E-state index in [-0.39, 0.29) is 13.4 Å². The van der Waals surface area contributed by atoms with Crippen molar-refractivity contribution in [2.24, 2.45) is 0 Å². The number of hydrogen-bond acceptors (Lipinski definition) is 2. The molecular weight excluding hydrogens is 118 g/mol. The van der Waals surface area contributed by atoms with Crippen LogP contribution in [0.3, 0.4) is 0 Å². The maximum absolute atomic E-state index is 10.2. The summed E-state index contributed by atoms with van der Waals surface area (Å²) in [5, 5.41) is 10.8. The number of rotatable bonds is 3. The highest BCUT2D eigenvalue weighted by Gasteiger charge is 2.06. The molecule has 0 aromatic carbocycles. The van der Waals surface area contributed by atoms with E-state index in [4.69, 9.17) is 12.9 Å². The van der Waals surface area contributed by atoms with Gasteiger partial charge in [-0.2, -0.15) is 0 Å². The van der Waals surface area contributed by atoms with Crippen molar-refractivity contribution in [1.29, 1.82) is 0 Å². The number of hydrogen-bond donors (Lipinski definition) is 2. The highest BCUT2D eigenvalue weighted by Crippen LogP contribution is 1.77. The average molecular weight is 128 g/mol. The van der Waals surface area contributed by atoms with Crippen molar-refractivity contribution in [1.82, 2.24) is 5.32 Å². The van der Waals surface area contributed by atoms with Gasteiger partial charge in [-0.1, -0.05) is 5.92 Å². The molecule has 0 amide bonds.